The quantitative estimate of drug-likeness (QED) is 0.755. The molecule has 0 saturated carbocycles. The first-order valence-corrected chi connectivity index (χ1v) is 3.97. The summed E-state index contributed by atoms with van der Waals surface area (Å²) in [5.41, 5.74) is 6.77. The molecule has 2 rings (SSSR count). The fourth-order valence-corrected chi connectivity index (χ4v) is 1.11. The number of aromatic nitrogens is 2. The number of rotatable bonds is 3. The molecule has 5 heteroatoms. The van der Waals surface area contributed by atoms with E-state index in [-0.39, 0.29) is 0 Å². The molecule has 0 aliphatic heterocycles. The molecule has 0 spiro atoms. The molecule has 0 atom stereocenters. The van der Waals surface area contributed by atoms with Gasteiger partial charge in [-0.2, -0.15) is 0 Å². The van der Waals surface area contributed by atoms with Crippen molar-refractivity contribution in [2.45, 2.75) is 6.42 Å². The second-order valence-corrected chi connectivity index (χ2v) is 2.58. The molecule has 13 heavy (non-hydrogen) atoms. The van der Waals surface area contributed by atoms with E-state index in [4.69, 9.17) is 10.2 Å². The van der Waals surface area contributed by atoms with Crippen LogP contribution in [-0.2, 0) is 6.42 Å². The lowest BCUT2D eigenvalue weighted by Crippen LogP contribution is -2.03. The number of nitrogens with zero attached hydrogens (tertiary/aromatic N) is 2. The van der Waals surface area contributed by atoms with Gasteiger partial charge in [0, 0.05) is 6.42 Å². The Bertz CT molecular complexity index is 366. The van der Waals surface area contributed by atoms with Crippen LogP contribution in [0, 0.1) is 0 Å². The van der Waals surface area contributed by atoms with E-state index < -0.39 is 0 Å². The third-order valence-electron chi connectivity index (χ3n) is 1.69. The minimum atomic E-state index is 0.516. The fourth-order valence-electron chi connectivity index (χ4n) is 1.11. The van der Waals surface area contributed by atoms with Gasteiger partial charge < -0.3 is 10.2 Å². The molecule has 2 aromatic heterocycles. The molecule has 2 N–H and O–H groups in total. The monoisotopic (exact) mass is 179 g/mol. The van der Waals surface area contributed by atoms with Gasteiger partial charge in [0.05, 0.1) is 6.26 Å². The maximum Gasteiger partial charge on any atom is 0.173 e. The van der Waals surface area contributed by atoms with Crippen molar-refractivity contribution >= 4 is 0 Å². The Morgan fingerprint density at radius 2 is 2.31 bits per heavy atom. The smallest absolute Gasteiger partial charge is 0.173 e. The van der Waals surface area contributed by atoms with Crippen molar-refractivity contribution in [2.24, 2.45) is 5.73 Å². The molecule has 68 valence electrons. The van der Waals surface area contributed by atoms with Crippen molar-refractivity contribution < 1.29 is 9.05 Å². The van der Waals surface area contributed by atoms with Crippen LogP contribution in [0.1, 0.15) is 5.69 Å². The van der Waals surface area contributed by atoms with Crippen LogP contribution in [0.4, 0.5) is 0 Å². The van der Waals surface area contributed by atoms with Crippen molar-refractivity contribution in [1.29, 1.82) is 0 Å². The average molecular weight is 179 g/mol. The van der Waals surface area contributed by atoms with E-state index >= 15 is 0 Å². The van der Waals surface area contributed by atoms with Gasteiger partial charge in [0.2, 0.25) is 0 Å². The lowest BCUT2D eigenvalue weighted by molar-refractivity contribution is 0.304. The Kier molecular flexibility index (Phi) is 2.09. The molecule has 0 saturated heterocycles. The molecule has 0 amide bonds. The minimum absolute atomic E-state index is 0.516. The van der Waals surface area contributed by atoms with Crippen molar-refractivity contribution in [3.05, 3.63) is 24.1 Å². The van der Waals surface area contributed by atoms with Crippen LogP contribution in [0.15, 0.2) is 27.4 Å². The van der Waals surface area contributed by atoms with Crippen LogP contribution >= 0.6 is 0 Å². The summed E-state index contributed by atoms with van der Waals surface area (Å²) < 4.78 is 9.77. The van der Waals surface area contributed by atoms with Gasteiger partial charge in [-0.25, -0.2) is 4.63 Å². The maximum absolute atomic E-state index is 5.40. The van der Waals surface area contributed by atoms with Gasteiger partial charge >= 0.3 is 0 Å². The third-order valence-corrected chi connectivity index (χ3v) is 1.69. The number of furan rings is 1. The molecular weight excluding hydrogens is 170 g/mol. The summed E-state index contributed by atoms with van der Waals surface area (Å²) in [4.78, 5) is 0. The van der Waals surface area contributed by atoms with Gasteiger partial charge in [0.25, 0.3) is 0 Å². The van der Waals surface area contributed by atoms with E-state index in [0.29, 0.717) is 24.4 Å². The van der Waals surface area contributed by atoms with Gasteiger partial charge in [-0.1, -0.05) is 5.16 Å². The zero-order valence-corrected chi connectivity index (χ0v) is 6.93. The topological polar surface area (TPSA) is 78.1 Å². The van der Waals surface area contributed by atoms with E-state index in [1.165, 1.54) is 0 Å². The molecule has 0 aliphatic carbocycles. The molecule has 0 aliphatic rings. The zero-order chi connectivity index (χ0) is 9.10. The molecule has 2 aromatic rings. The van der Waals surface area contributed by atoms with E-state index in [2.05, 4.69) is 14.9 Å². The summed E-state index contributed by atoms with van der Waals surface area (Å²) in [6.45, 7) is 0.516. The molecule has 5 nitrogen and oxygen atoms in total. The van der Waals surface area contributed by atoms with Crippen LogP contribution < -0.4 is 5.73 Å². The predicted octanol–water partition coefficient (Wildman–Crippen LogP) is 0.831. The Morgan fingerprint density at radius 3 is 3.00 bits per heavy atom. The summed E-state index contributed by atoms with van der Waals surface area (Å²) in [7, 11) is 0. The Balaban J connectivity index is 2.35. The second kappa shape index (κ2) is 3.40. The highest BCUT2D eigenvalue weighted by atomic mass is 16.6. The Morgan fingerprint density at radius 1 is 1.38 bits per heavy atom. The van der Waals surface area contributed by atoms with Gasteiger partial charge in [-0.15, -0.1) is 0 Å². The average Bonchev–Trinajstić information content (AvgIpc) is 2.71. The standard InChI is InChI=1S/C8H9N3O2/c9-4-3-6-8(11-13-10-6)7-2-1-5-12-7/h1-2,5H,3-4,9H2. The lowest BCUT2D eigenvalue weighted by Gasteiger charge is -1.91. The first-order chi connectivity index (χ1) is 6.42. The Labute approximate surface area is 74.5 Å². The third kappa shape index (κ3) is 1.46. The maximum atomic E-state index is 5.40. The van der Waals surface area contributed by atoms with E-state index in [1.54, 1.807) is 18.4 Å². The lowest BCUT2D eigenvalue weighted by atomic mass is 10.2. The number of hydrogen-bond donors (Lipinski definition) is 1. The van der Waals surface area contributed by atoms with Crippen LogP contribution in [0.25, 0.3) is 11.5 Å². The summed E-state index contributed by atoms with van der Waals surface area (Å²) in [6, 6.07) is 3.59. The van der Waals surface area contributed by atoms with Crippen molar-refractivity contribution in [1.82, 2.24) is 10.3 Å². The number of hydrogen-bond acceptors (Lipinski definition) is 5. The molecule has 0 unspecified atom stereocenters. The highest BCUT2D eigenvalue weighted by molar-refractivity contribution is 5.53. The highest BCUT2D eigenvalue weighted by Gasteiger charge is 2.13. The summed E-state index contributed by atoms with van der Waals surface area (Å²) >= 11 is 0. The first kappa shape index (κ1) is 8.00. The molecule has 0 fully saturated rings. The largest absolute Gasteiger partial charge is 0.463 e. The van der Waals surface area contributed by atoms with Crippen molar-refractivity contribution in [3.63, 3.8) is 0 Å². The van der Waals surface area contributed by atoms with Crippen LogP contribution in [0.2, 0.25) is 0 Å². The molecule has 2 heterocycles. The summed E-state index contributed by atoms with van der Waals surface area (Å²) in [6.07, 6.45) is 2.22. The van der Waals surface area contributed by atoms with E-state index in [9.17, 15) is 0 Å². The highest BCUT2D eigenvalue weighted by Crippen LogP contribution is 2.20. The Hall–Kier alpha value is -1.62. The zero-order valence-electron chi connectivity index (χ0n) is 6.93. The number of nitrogens with two attached hydrogens (primary N) is 1. The van der Waals surface area contributed by atoms with Crippen LogP contribution in [0.5, 0.6) is 0 Å². The van der Waals surface area contributed by atoms with Gasteiger partial charge in [0.15, 0.2) is 11.5 Å². The second-order valence-electron chi connectivity index (χ2n) is 2.58. The normalized spacial score (nSPS) is 10.5. The first-order valence-electron chi connectivity index (χ1n) is 3.97. The molecule has 0 radical (unpaired) electrons. The molecule has 0 aromatic carbocycles. The van der Waals surface area contributed by atoms with Crippen molar-refractivity contribution in [3.8, 4) is 11.5 Å². The summed E-state index contributed by atoms with van der Waals surface area (Å²) in [5.74, 6) is 0.657. The minimum Gasteiger partial charge on any atom is -0.463 e. The van der Waals surface area contributed by atoms with Gasteiger partial charge in [-0.05, 0) is 23.8 Å². The summed E-state index contributed by atoms with van der Waals surface area (Å²) in [5, 5.41) is 7.48. The van der Waals surface area contributed by atoms with Crippen LogP contribution in [-0.4, -0.2) is 16.9 Å². The van der Waals surface area contributed by atoms with Crippen LogP contribution in [0.3, 0.4) is 0 Å². The molecule has 0 bridgehead atoms. The van der Waals surface area contributed by atoms with Gasteiger partial charge in [0.1, 0.15) is 5.69 Å². The van der Waals surface area contributed by atoms with Crippen molar-refractivity contribution in [2.75, 3.05) is 6.54 Å². The predicted molar refractivity (Wildman–Crippen MR) is 44.8 cm³/mol. The fraction of sp³-hybridized carbons (Fsp3) is 0.250. The van der Waals surface area contributed by atoms with E-state index in [1.807, 2.05) is 0 Å². The van der Waals surface area contributed by atoms with Gasteiger partial charge in [-0.3, -0.25) is 0 Å². The van der Waals surface area contributed by atoms with E-state index in [0.717, 1.165) is 5.69 Å². The SMILES string of the molecule is NCCc1nonc1-c1ccco1. The molecular formula is C8H9N3O2.